The molecule has 1 heterocycles. The van der Waals surface area contributed by atoms with E-state index in [0.717, 1.165) is 17.7 Å². The highest BCUT2D eigenvalue weighted by Crippen LogP contribution is 2.19. The summed E-state index contributed by atoms with van der Waals surface area (Å²) in [5.74, 6) is -1.19. The van der Waals surface area contributed by atoms with Crippen LogP contribution in [0.3, 0.4) is 0 Å². The van der Waals surface area contributed by atoms with Gasteiger partial charge in [-0.3, -0.25) is 4.98 Å². The Balaban J connectivity index is 2.39. The number of carboxylic acids is 1. The molecule has 18 heavy (non-hydrogen) atoms. The number of carbonyl (C=O) groups is 1. The van der Waals surface area contributed by atoms with E-state index in [1.165, 1.54) is 5.56 Å². The zero-order chi connectivity index (χ0) is 13.1. The van der Waals surface area contributed by atoms with Crippen molar-refractivity contribution in [3.63, 3.8) is 0 Å². The molecule has 0 fully saturated rings. The number of aryl methyl sites for hydroxylation is 2. The van der Waals surface area contributed by atoms with Gasteiger partial charge in [0.2, 0.25) is 0 Å². The molecule has 0 saturated carbocycles. The fourth-order valence-corrected chi connectivity index (χ4v) is 1.85. The summed E-state index contributed by atoms with van der Waals surface area (Å²) in [5, 5.41) is 10.8. The molecule has 2 aromatic rings. The van der Waals surface area contributed by atoms with Crippen LogP contribution in [0, 0.1) is 6.92 Å². The van der Waals surface area contributed by atoms with Gasteiger partial charge in [-0.15, -0.1) is 0 Å². The van der Waals surface area contributed by atoms with Gasteiger partial charge in [0.25, 0.3) is 0 Å². The average Bonchev–Trinajstić information content (AvgIpc) is 2.38. The molecule has 1 aromatic heterocycles. The molecular formula is C15H14NO2-. The van der Waals surface area contributed by atoms with Crippen molar-refractivity contribution in [2.45, 2.75) is 20.3 Å². The molecule has 0 aliphatic heterocycles. The third-order valence-electron chi connectivity index (χ3n) is 2.96. The lowest BCUT2D eigenvalue weighted by molar-refractivity contribution is -0.255. The number of hydrogen-bond donors (Lipinski definition) is 0. The summed E-state index contributed by atoms with van der Waals surface area (Å²) in [5.41, 5.74) is 3.65. The number of carboxylic acid groups (broad SMARTS) is 1. The molecule has 0 atom stereocenters. The summed E-state index contributed by atoms with van der Waals surface area (Å²) in [7, 11) is 0. The highest BCUT2D eigenvalue weighted by molar-refractivity contribution is 5.87. The molecule has 3 nitrogen and oxygen atoms in total. The molecule has 0 saturated heterocycles. The Morgan fingerprint density at radius 1 is 1.17 bits per heavy atom. The van der Waals surface area contributed by atoms with Crippen LogP contribution in [-0.4, -0.2) is 11.0 Å². The van der Waals surface area contributed by atoms with Gasteiger partial charge in [-0.25, -0.2) is 0 Å². The van der Waals surface area contributed by atoms with Gasteiger partial charge < -0.3 is 9.90 Å². The third-order valence-corrected chi connectivity index (χ3v) is 2.96. The second kappa shape index (κ2) is 5.00. The molecule has 92 valence electrons. The quantitative estimate of drug-likeness (QED) is 0.824. The van der Waals surface area contributed by atoms with Crippen LogP contribution in [0.1, 0.15) is 28.5 Å². The van der Waals surface area contributed by atoms with Crippen molar-refractivity contribution < 1.29 is 9.90 Å². The first kappa shape index (κ1) is 12.3. The van der Waals surface area contributed by atoms with Crippen molar-refractivity contribution in [3.05, 3.63) is 53.2 Å². The van der Waals surface area contributed by atoms with Crippen molar-refractivity contribution in [2.24, 2.45) is 0 Å². The predicted octanol–water partition coefficient (Wildman–Crippen LogP) is 1.98. The number of hydrogen-bond acceptors (Lipinski definition) is 3. The molecule has 0 amide bonds. The van der Waals surface area contributed by atoms with E-state index in [2.05, 4.69) is 24.0 Å². The maximum atomic E-state index is 10.8. The van der Waals surface area contributed by atoms with Gasteiger partial charge in [-0.05, 0) is 31.0 Å². The van der Waals surface area contributed by atoms with Crippen LogP contribution in [0.25, 0.3) is 11.3 Å². The van der Waals surface area contributed by atoms with Crippen molar-refractivity contribution in [1.82, 2.24) is 4.98 Å². The Morgan fingerprint density at radius 3 is 2.33 bits per heavy atom. The van der Waals surface area contributed by atoms with Gasteiger partial charge in [-0.1, -0.05) is 31.2 Å². The zero-order valence-electron chi connectivity index (χ0n) is 10.4. The van der Waals surface area contributed by atoms with E-state index < -0.39 is 5.97 Å². The number of nitrogens with zero attached hydrogens (tertiary/aromatic N) is 1. The number of benzene rings is 1. The van der Waals surface area contributed by atoms with E-state index in [1.54, 1.807) is 19.1 Å². The van der Waals surface area contributed by atoms with Crippen LogP contribution in [-0.2, 0) is 6.42 Å². The van der Waals surface area contributed by atoms with Crippen molar-refractivity contribution in [3.8, 4) is 11.3 Å². The highest BCUT2D eigenvalue weighted by atomic mass is 16.4. The van der Waals surface area contributed by atoms with Crippen LogP contribution in [0.5, 0.6) is 0 Å². The molecule has 0 radical (unpaired) electrons. The second-order valence-electron chi connectivity index (χ2n) is 4.17. The topological polar surface area (TPSA) is 53.0 Å². The molecular weight excluding hydrogens is 226 g/mol. The first-order valence-electron chi connectivity index (χ1n) is 5.90. The van der Waals surface area contributed by atoms with E-state index in [4.69, 9.17) is 0 Å². The van der Waals surface area contributed by atoms with Crippen molar-refractivity contribution in [2.75, 3.05) is 0 Å². The van der Waals surface area contributed by atoms with Crippen LogP contribution in [0.15, 0.2) is 36.4 Å². The summed E-state index contributed by atoms with van der Waals surface area (Å²) in [4.78, 5) is 15.1. The first-order valence-corrected chi connectivity index (χ1v) is 5.90. The lowest BCUT2D eigenvalue weighted by atomic mass is 10.1. The molecule has 0 N–H and O–H groups in total. The smallest absolute Gasteiger partial charge is 0.0733 e. The fraction of sp³-hybridized carbons (Fsp3) is 0.200. The predicted molar refractivity (Wildman–Crippen MR) is 68.1 cm³/mol. The maximum Gasteiger partial charge on any atom is 0.0733 e. The zero-order valence-corrected chi connectivity index (χ0v) is 10.4. The summed E-state index contributed by atoms with van der Waals surface area (Å²) < 4.78 is 0. The molecule has 0 unspecified atom stereocenters. The Hall–Kier alpha value is -2.16. The summed E-state index contributed by atoms with van der Waals surface area (Å²) in [6.07, 6.45) is 0.996. The summed E-state index contributed by atoms with van der Waals surface area (Å²) in [6.45, 7) is 3.78. The standard InChI is InChI=1S/C15H15NO2/c1-3-11-4-6-12(7-5-11)14-9-8-13(15(17)18)10(2)16-14/h4-9H,3H2,1-2H3,(H,17,18)/p-1. The van der Waals surface area contributed by atoms with E-state index in [1.807, 2.05) is 12.1 Å². The monoisotopic (exact) mass is 240 g/mol. The van der Waals surface area contributed by atoms with Gasteiger partial charge in [0, 0.05) is 16.8 Å². The third kappa shape index (κ3) is 2.40. The summed E-state index contributed by atoms with van der Waals surface area (Å²) in [6, 6.07) is 11.4. The van der Waals surface area contributed by atoms with Gasteiger partial charge >= 0.3 is 0 Å². The Kier molecular flexibility index (Phi) is 3.42. The molecule has 0 bridgehead atoms. The van der Waals surface area contributed by atoms with Crippen LogP contribution in [0.4, 0.5) is 0 Å². The number of rotatable bonds is 3. The highest BCUT2D eigenvalue weighted by Gasteiger charge is 2.04. The van der Waals surface area contributed by atoms with E-state index >= 15 is 0 Å². The fourth-order valence-electron chi connectivity index (χ4n) is 1.85. The lowest BCUT2D eigenvalue weighted by Crippen LogP contribution is -2.23. The largest absolute Gasteiger partial charge is 0.545 e. The van der Waals surface area contributed by atoms with Gasteiger partial charge in [-0.2, -0.15) is 0 Å². The minimum absolute atomic E-state index is 0.143. The van der Waals surface area contributed by atoms with Crippen LogP contribution >= 0.6 is 0 Å². The van der Waals surface area contributed by atoms with Crippen molar-refractivity contribution >= 4 is 5.97 Å². The van der Waals surface area contributed by atoms with E-state index in [9.17, 15) is 9.90 Å². The molecule has 2 rings (SSSR count). The molecule has 1 aromatic carbocycles. The van der Waals surface area contributed by atoms with Gasteiger partial charge in [0.15, 0.2) is 0 Å². The number of carbonyl (C=O) groups excluding carboxylic acids is 1. The molecule has 0 aliphatic rings. The SMILES string of the molecule is CCc1ccc(-c2ccc(C(=O)[O-])c(C)n2)cc1. The second-order valence-corrected chi connectivity index (χ2v) is 4.17. The van der Waals surface area contributed by atoms with Crippen LogP contribution < -0.4 is 5.11 Å². The molecule has 0 spiro atoms. The first-order chi connectivity index (χ1) is 8.61. The Bertz CT molecular complexity index is 574. The van der Waals surface area contributed by atoms with Crippen LogP contribution in [0.2, 0.25) is 0 Å². The normalized spacial score (nSPS) is 10.3. The van der Waals surface area contributed by atoms with Crippen molar-refractivity contribution in [1.29, 1.82) is 0 Å². The minimum Gasteiger partial charge on any atom is -0.545 e. The maximum absolute atomic E-state index is 10.8. The number of pyridine rings is 1. The minimum atomic E-state index is -1.19. The Morgan fingerprint density at radius 2 is 1.83 bits per heavy atom. The van der Waals surface area contributed by atoms with E-state index in [-0.39, 0.29) is 5.56 Å². The lowest BCUT2D eigenvalue weighted by Gasteiger charge is -2.08. The molecule has 3 heteroatoms. The van der Waals surface area contributed by atoms with E-state index in [0.29, 0.717) is 5.69 Å². The number of aromatic carboxylic acids is 1. The van der Waals surface area contributed by atoms with Gasteiger partial charge in [0.05, 0.1) is 11.7 Å². The average molecular weight is 240 g/mol. The number of aromatic nitrogens is 1. The molecule has 0 aliphatic carbocycles. The summed E-state index contributed by atoms with van der Waals surface area (Å²) >= 11 is 0. The Labute approximate surface area is 106 Å². The van der Waals surface area contributed by atoms with Gasteiger partial charge in [0.1, 0.15) is 0 Å².